The van der Waals surface area contributed by atoms with Gasteiger partial charge in [0.2, 0.25) is 5.95 Å². The molecule has 6 heteroatoms. The highest BCUT2D eigenvalue weighted by Gasteiger charge is 2.21. The summed E-state index contributed by atoms with van der Waals surface area (Å²) in [6.45, 7) is 0. The van der Waals surface area contributed by atoms with Gasteiger partial charge in [0.05, 0.1) is 33.3 Å². The quantitative estimate of drug-likeness (QED) is 0.167. The van der Waals surface area contributed by atoms with Crippen molar-refractivity contribution in [3.8, 4) is 56.3 Å². The Labute approximate surface area is 423 Å². The minimum Gasteiger partial charge on any atom is -0.456 e. The van der Waals surface area contributed by atoms with Gasteiger partial charge in [0.25, 0.3) is 0 Å². The van der Waals surface area contributed by atoms with E-state index in [4.69, 9.17) is 18.8 Å². The van der Waals surface area contributed by atoms with E-state index < -0.39 is 0 Å². The summed E-state index contributed by atoms with van der Waals surface area (Å²) in [5, 5.41) is 10.1. The summed E-state index contributed by atoms with van der Waals surface area (Å²) in [4.78, 5) is 10.5. The lowest BCUT2D eigenvalue weighted by atomic mass is 9.98. The van der Waals surface area contributed by atoms with Crippen molar-refractivity contribution in [3.05, 3.63) is 243 Å². The second-order valence-electron chi connectivity index (χ2n) is 19.3. The first-order chi connectivity index (χ1) is 36.7. The number of fused-ring (bicyclic) bond motifs is 13. The summed E-state index contributed by atoms with van der Waals surface area (Å²) in [7, 11) is 0. The molecule has 74 heavy (non-hydrogen) atoms. The summed E-state index contributed by atoms with van der Waals surface area (Å²) < 4.78 is 17.3. The van der Waals surface area contributed by atoms with Crippen molar-refractivity contribution in [3.63, 3.8) is 0 Å². The maximum Gasteiger partial charge on any atom is 0.235 e. The Morgan fingerprint density at radius 2 is 0.784 bits per heavy atom. The van der Waals surface area contributed by atoms with Crippen LogP contribution in [0.1, 0.15) is 0 Å². The van der Waals surface area contributed by atoms with Crippen LogP contribution in [0.3, 0.4) is 0 Å². The molecule has 0 aliphatic carbocycles. The van der Waals surface area contributed by atoms with Crippen molar-refractivity contribution in [2.75, 3.05) is 0 Å². The zero-order valence-corrected chi connectivity index (χ0v) is 39.7. The average molecular weight is 945 g/mol. The molecule has 5 heterocycles. The van der Waals surface area contributed by atoms with Crippen molar-refractivity contribution in [1.29, 1.82) is 0 Å². The van der Waals surface area contributed by atoms with Crippen LogP contribution in [0.5, 0.6) is 0 Å². The summed E-state index contributed by atoms with van der Waals surface area (Å²) in [5.41, 5.74) is 18.6. The molecule has 0 spiro atoms. The fourth-order valence-electron chi connectivity index (χ4n) is 11.7. The zero-order valence-electron chi connectivity index (χ0n) is 39.7. The van der Waals surface area contributed by atoms with Crippen molar-refractivity contribution >= 4 is 98.4 Å². The number of nitrogens with zero attached hydrogens (tertiary/aromatic N) is 4. The molecule has 0 saturated carbocycles. The van der Waals surface area contributed by atoms with E-state index in [0.717, 1.165) is 138 Å². The maximum absolute atomic E-state index is 6.47. The monoisotopic (exact) mass is 944 g/mol. The van der Waals surface area contributed by atoms with Crippen LogP contribution in [0.25, 0.3) is 155 Å². The molecule has 0 fully saturated rings. The van der Waals surface area contributed by atoms with Crippen molar-refractivity contribution in [2.45, 2.75) is 0 Å². The first kappa shape index (κ1) is 40.7. The molecule has 0 atom stereocenters. The van der Waals surface area contributed by atoms with Gasteiger partial charge >= 0.3 is 0 Å². The molecule has 16 rings (SSSR count). The molecule has 344 valence electrons. The number of para-hydroxylation sites is 5. The minimum absolute atomic E-state index is 0.645. The molecule has 5 aromatic heterocycles. The second kappa shape index (κ2) is 15.7. The summed E-state index contributed by atoms with van der Waals surface area (Å²) in [6.07, 6.45) is 0. The Morgan fingerprint density at radius 3 is 1.50 bits per heavy atom. The zero-order chi connectivity index (χ0) is 48.4. The van der Waals surface area contributed by atoms with Gasteiger partial charge in [-0.3, -0.25) is 4.57 Å². The van der Waals surface area contributed by atoms with Gasteiger partial charge in [-0.2, -0.15) is 0 Å². The van der Waals surface area contributed by atoms with E-state index in [1.807, 2.05) is 36.4 Å². The van der Waals surface area contributed by atoms with Crippen LogP contribution < -0.4 is 0 Å². The van der Waals surface area contributed by atoms with Crippen LogP contribution in [0.15, 0.2) is 251 Å². The highest BCUT2D eigenvalue weighted by atomic mass is 16.3. The Morgan fingerprint density at radius 1 is 0.284 bits per heavy atom. The van der Waals surface area contributed by atoms with Crippen LogP contribution >= 0.6 is 0 Å². The van der Waals surface area contributed by atoms with Gasteiger partial charge in [-0.25, -0.2) is 9.97 Å². The minimum atomic E-state index is 0.645. The summed E-state index contributed by atoms with van der Waals surface area (Å²) >= 11 is 0. The molecule has 0 unspecified atom stereocenters. The number of rotatable bonds is 6. The van der Waals surface area contributed by atoms with E-state index >= 15 is 0 Å². The van der Waals surface area contributed by atoms with Gasteiger partial charge in [0.15, 0.2) is 0 Å². The van der Waals surface area contributed by atoms with E-state index in [1.54, 1.807) is 0 Å². The standard InChI is InChI=1S/C68H40N4O2/c1-2-13-42(14-3-1)66-53-18-4-8-21-58(53)69-68(70-66)72-59-22-9-5-15-49(59)54-37-43(29-35-62(54)72)44-27-33-60-55(38-44)56-39-45(46-30-36-65-57(40-46)51-17-7-10-23-63(51)73-65)28-34-61(56)71(60)47-31-25-41(26-32-47)48-19-12-20-52-50-16-6-11-24-64(50)74-67(48)52/h1-40H. The van der Waals surface area contributed by atoms with Gasteiger partial charge in [-0.05, 0) is 113 Å². The number of aromatic nitrogens is 4. The Balaban J connectivity index is 0.864. The van der Waals surface area contributed by atoms with E-state index in [2.05, 4.69) is 215 Å². The highest BCUT2D eigenvalue weighted by molar-refractivity contribution is 6.15. The topological polar surface area (TPSA) is 61.9 Å². The molecule has 0 radical (unpaired) electrons. The van der Waals surface area contributed by atoms with Gasteiger partial charge in [-0.15, -0.1) is 0 Å². The number of furan rings is 2. The van der Waals surface area contributed by atoms with E-state index in [-0.39, 0.29) is 0 Å². The smallest absolute Gasteiger partial charge is 0.235 e. The fraction of sp³-hybridized carbons (Fsp3) is 0. The molecule has 6 nitrogen and oxygen atoms in total. The van der Waals surface area contributed by atoms with E-state index in [9.17, 15) is 0 Å². The van der Waals surface area contributed by atoms with Crippen LogP contribution in [-0.2, 0) is 0 Å². The first-order valence-corrected chi connectivity index (χ1v) is 25.0. The summed E-state index contributed by atoms with van der Waals surface area (Å²) in [5.74, 6) is 0.645. The van der Waals surface area contributed by atoms with E-state index in [0.29, 0.717) is 5.95 Å². The lowest BCUT2D eigenvalue weighted by molar-refractivity contribution is 0.669. The van der Waals surface area contributed by atoms with Crippen LogP contribution in [-0.4, -0.2) is 19.1 Å². The van der Waals surface area contributed by atoms with E-state index in [1.165, 1.54) is 10.8 Å². The third-order valence-corrected chi connectivity index (χ3v) is 15.2. The lowest BCUT2D eigenvalue weighted by Gasteiger charge is -2.12. The lowest BCUT2D eigenvalue weighted by Crippen LogP contribution is -2.03. The second-order valence-corrected chi connectivity index (χ2v) is 19.3. The Hall–Kier alpha value is -10.0. The number of hydrogen-bond acceptors (Lipinski definition) is 4. The van der Waals surface area contributed by atoms with Crippen LogP contribution in [0.2, 0.25) is 0 Å². The number of benzene rings is 11. The van der Waals surface area contributed by atoms with Crippen molar-refractivity contribution < 1.29 is 8.83 Å². The maximum atomic E-state index is 6.47. The van der Waals surface area contributed by atoms with Crippen LogP contribution in [0.4, 0.5) is 0 Å². The van der Waals surface area contributed by atoms with Crippen LogP contribution in [0, 0.1) is 0 Å². The van der Waals surface area contributed by atoms with Gasteiger partial charge in [0.1, 0.15) is 22.3 Å². The predicted molar refractivity (Wildman–Crippen MR) is 305 cm³/mol. The molecule has 16 aromatic rings. The van der Waals surface area contributed by atoms with Gasteiger partial charge in [-0.1, -0.05) is 158 Å². The van der Waals surface area contributed by atoms with Crippen molar-refractivity contribution in [2.24, 2.45) is 0 Å². The normalized spacial score (nSPS) is 12.1. The molecular formula is C68H40N4O2. The third-order valence-electron chi connectivity index (χ3n) is 15.2. The summed E-state index contributed by atoms with van der Waals surface area (Å²) in [6, 6.07) is 86.4. The molecular weight excluding hydrogens is 905 g/mol. The number of hydrogen-bond donors (Lipinski definition) is 0. The van der Waals surface area contributed by atoms with Crippen molar-refractivity contribution in [1.82, 2.24) is 19.1 Å². The van der Waals surface area contributed by atoms with Gasteiger partial charge in [0, 0.05) is 65.3 Å². The Bertz CT molecular complexity index is 4960. The van der Waals surface area contributed by atoms with Gasteiger partial charge < -0.3 is 13.4 Å². The molecule has 0 aliphatic heterocycles. The Kier molecular flexibility index (Phi) is 8.64. The fourth-order valence-corrected chi connectivity index (χ4v) is 11.7. The molecule has 0 saturated heterocycles. The molecule has 0 N–H and O–H groups in total. The largest absolute Gasteiger partial charge is 0.456 e. The highest BCUT2D eigenvalue weighted by Crippen LogP contribution is 2.42. The molecule has 0 bridgehead atoms. The average Bonchev–Trinajstić information content (AvgIpc) is 4.22. The molecule has 0 aliphatic rings. The predicted octanol–water partition coefficient (Wildman–Crippen LogP) is 18.3. The molecule has 0 amide bonds. The molecule has 11 aromatic carbocycles. The first-order valence-electron chi connectivity index (χ1n) is 25.0. The SMILES string of the molecule is c1ccc(-c2nc(-n3c4ccccc4c4cc(-c5ccc6c(c5)c5cc(-c7ccc8oc9ccccc9c8c7)ccc5n6-c5ccc(-c6cccc7c6oc6ccccc67)cc5)ccc43)nc3ccccc23)cc1. The third kappa shape index (κ3) is 6.12.